The molecular weight excluding hydrogens is 460 g/mol. The summed E-state index contributed by atoms with van der Waals surface area (Å²) in [6.45, 7) is 2.68. The lowest BCUT2D eigenvalue weighted by Gasteiger charge is -2.27. The van der Waals surface area contributed by atoms with Crippen LogP contribution >= 0.6 is 11.3 Å². The van der Waals surface area contributed by atoms with Crippen molar-refractivity contribution in [3.05, 3.63) is 87.3 Å². The summed E-state index contributed by atoms with van der Waals surface area (Å²) in [4.78, 5) is 27.9. The third-order valence-electron chi connectivity index (χ3n) is 5.55. The third-order valence-corrected chi connectivity index (χ3v) is 8.69. The quantitative estimate of drug-likeness (QED) is 0.541. The highest BCUT2D eigenvalue weighted by molar-refractivity contribution is 7.91. The van der Waals surface area contributed by atoms with Crippen LogP contribution in [0.4, 0.5) is 0 Å². The van der Waals surface area contributed by atoms with Gasteiger partial charge in [0.15, 0.2) is 0 Å². The first-order valence-electron chi connectivity index (χ1n) is 10.4. The maximum absolute atomic E-state index is 13.1. The molecule has 0 aliphatic carbocycles. The monoisotopic (exact) mass is 484 g/mol. The number of nitrogens with one attached hydrogen (secondary N) is 1. The number of thiophene rings is 1. The van der Waals surface area contributed by atoms with Gasteiger partial charge in [-0.2, -0.15) is 0 Å². The molecule has 0 radical (unpaired) electrons. The number of hydrogen-bond acceptors (Lipinski definition) is 6. The second kappa shape index (κ2) is 9.46. The van der Waals surface area contributed by atoms with Crippen molar-refractivity contribution in [1.29, 1.82) is 0 Å². The number of sulfonamides is 1. The number of methoxy groups -OCH3 is 1. The van der Waals surface area contributed by atoms with E-state index >= 15 is 0 Å². The number of aryl methyl sites for hydroxylation is 1. The summed E-state index contributed by atoms with van der Waals surface area (Å²) in [5.74, 6) is -0.814. The maximum Gasteiger partial charge on any atom is 0.340 e. The maximum atomic E-state index is 13.1. The molecule has 33 heavy (non-hydrogen) atoms. The second-order valence-electron chi connectivity index (χ2n) is 7.81. The largest absolute Gasteiger partial charge is 0.465 e. The molecule has 0 bridgehead atoms. The number of hydrogen-bond donors (Lipinski definition) is 1. The zero-order chi connectivity index (χ0) is 23.6. The lowest BCUT2D eigenvalue weighted by molar-refractivity contribution is 0.0595. The summed E-state index contributed by atoms with van der Waals surface area (Å²) in [5, 5.41) is 0. The van der Waals surface area contributed by atoms with Crippen LogP contribution in [0.2, 0.25) is 0 Å². The summed E-state index contributed by atoms with van der Waals surface area (Å²) in [5.41, 5.74) is 3.15. The molecule has 9 heteroatoms. The highest BCUT2D eigenvalue weighted by Gasteiger charge is 2.35. The van der Waals surface area contributed by atoms with Crippen LogP contribution in [0.3, 0.4) is 0 Å². The molecule has 3 aromatic rings. The Hall–Kier alpha value is -3.01. The Balaban J connectivity index is 1.63. The van der Waals surface area contributed by atoms with E-state index in [-0.39, 0.29) is 28.8 Å². The van der Waals surface area contributed by atoms with Gasteiger partial charge in [-0.25, -0.2) is 17.9 Å². The van der Waals surface area contributed by atoms with Crippen molar-refractivity contribution >= 4 is 33.2 Å². The topological polar surface area (TPSA) is 92.8 Å². The van der Waals surface area contributed by atoms with Gasteiger partial charge in [-0.15, -0.1) is 11.3 Å². The molecule has 0 fully saturated rings. The molecule has 0 spiro atoms. The molecule has 2 aromatic carbocycles. The SMILES string of the molecule is COC(=O)c1c(S(=O)(=O)NCc2ccccc2)sc2c1CCN(C(=O)c1ccc(C)cc1)C2. The van der Waals surface area contributed by atoms with Crippen LogP contribution in [-0.2, 0) is 34.3 Å². The first-order chi connectivity index (χ1) is 15.8. The van der Waals surface area contributed by atoms with Gasteiger partial charge in [0.25, 0.3) is 15.9 Å². The van der Waals surface area contributed by atoms with Gasteiger partial charge in [0.1, 0.15) is 4.21 Å². The average molecular weight is 485 g/mol. The molecular formula is C24H24N2O5S2. The Labute approximate surface area is 197 Å². The molecule has 1 aromatic heterocycles. The molecule has 2 heterocycles. The normalized spacial score (nSPS) is 13.5. The lowest BCUT2D eigenvalue weighted by Crippen LogP contribution is -2.35. The number of esters is 1. The minimum Gasteiger partial charge on any atom is -0.465 e. The summed E-state index contributed by atoms with van der Waals surface area (Å²) >= 11 is 1.02. The van der Waals surface area contributed by atoms with E-state index in [0.717, 1.165) is 22.5 Å². The Bertz CT molecular complexity index is 1280. The fraction of sp³-hybridized carbons (Fsp3) is 0.250. The Kier molecular flexibility index (Phi) is 6.64. The number of nitrogens with zero attached hydrogens (tertiary/aromatic N) is 1. The lowest BCUT2D eigenvalue weighted by atomic mass is 10.0. The zero-order valence-corrected chi connectivity index (χ0v) is 20.0. The minimum absolute atomic E-state index is 0.0695. The van der Waals surface area contributed by atoms with Crippen LogP contribution in [0.15, 0.2) is 58.8 Å². The number of carbonyl (C=O) groups excluding carboxylic acids is 2. The molecule has 1 N–H and O–H groups in total. The van der Waals surface area contributed by atoms with E-state index in [1.807, 2.05) is 49.4 Å². The van der Waals surface area contributed by atoms with Crippen molar-refractivity contribution in [2.75, 3.05) is 13.7 Å². The van der Waals surface area contributed by atoms with Crippen LogP contribution in [0, 0.1) is 6.92 Å². The van der Waals surface area contributed by atoms with E-state index in [2.05, 4.69) is 4.72 Å². The van der Waals surface area contributed by atoms with Crippen LogP contribution in [0.5, 0.6) is 0 Å². The van der Waals surface area contributed by atoms with Crippen molar-refractivity contribution in [3.63, 3.8) is 0 Å². The van der Waals surface area contributed by atoms with Gasteiger partial charge in [-0.05, 0) is 36.6 Å². The summed E-state index contributed by atoms with van der Waals surface area (Å²) in [6.07, 6.45) is 0.377. The molecule has 1 aliphatic rings. The minimum atomic E-state index is -3.97. The fourth-order valence-electron chi connectivity index (χ4n) is 3.77. The Morgan fingerprint density at radius 1 is 1.09 bits per heavy atom. The molecule has 0 atom stereocenters. The van der Waals surface area contributed by atoms with Gasteiger partial charge in [-0.3, -0.25) is 4.79 Å². The van der Waals surface area contributed by atoms with Crippen molar-refractivity contribution in [3.8, 4) is 0 Å². The number of amides is 1. The van der Waals surface area contributed by atoms with Gasteiger partial charge in [0, 0.05) is 23.5 Å². The van der Waals surface area contributed by atoms with E-state index < -0.39 is 16.0 Å². The third kappa shape index (κ3) is 4.85. The Morgan fingerprint density at radius 3 is 2.45 bits per heavy atom. The van der Waals surface area contributed by atoms with Gasteiger partial charge in [0.2, 0.25) is 0 Å². The first kappa shape index (κ1) is 23.2. The molecule has 4 rings (SSSR count). The number of ether oxygens (including phenoxy) is 1. The van der Waals surface area contributed by atoms with Gasteiger partial charge >= 0.3 is 5.97 Å². The second-order valence-corrected chi connectivity index (χ2v) is 10.9. The number of fused-ring (bicyclic) bond motifs is 1. The van der Waals surface area contributed by atoms with Crippen molar-refractivity contribution in [2.45, 2.75) is 30.6 Å². The summed E-state index contributed by atoms with van der Waals surface area (Å²) in [7, 11) is -2.74. The molecule has 1 aliphatic heterocycles. The first-order valence-corrected chi connectivity index (χ1v) is 12.7. The summed E-state index contributed by atoms with van der Waals surface area (Å²) in [6, 6.07) is 16.5. The zero-order valence-electron chi connectivity index (χ0n) is 18.3. The predicted molar refractivity (Wildman–Crippen MR) is 126 cm³/mol. The highest BCUT2D eigenvalue weighted by atomic mass is 32.2. The van der Waals surface area contributed by atoms with Crippen molar-refractivity contribution < 1.29 is 22.7 Å². The molecule has 7 nitrogen and oxygen atoms in total. The van der Waals surface area contributed by atoms with Crippen LogP contribution in [-0.4, -0.2) is 38.8 Å². The Morgan fingerprint density at radius 2 is 1.79 bits per heavy atom. The van der Waals surface area contributed by atoms with Gasteiger partial charge in [0.05, 0.1) is 19.2 Å². The fourth-order valence-corrected chi connectivity index (χ4v) is 6.73. The van der Waals surface area contributed by atoms with Crippen molar-refractivity contribution in [2.24, 2.45) is 0 Å². The number of carbonyl (C=O) groups is 2. The number of rotatable bonds is 6. The van der Waals surface area contributed by atoms with E-state index in [4.69, 9.17) is 4.74 Å². The van der Waals surface area contributed by atoms with Crippen LogP contribution in [0.25, 0.3) is 0 Å². The van der Waals surface area contributed by atoms with E-state index in [1.54, 1.807) is 17.0 Å². The molecule has 0 saturated carbocycles. The van der Waals surface area contributed by atoms with Gasteiger partial charge < -0.3 is 9.64 Å². The average Bonchev–Trinajstić information content (AvgIpc) is 3.23. The van der Waals surface area contributed by atoms with Crippen LogP contribution < -0.4 is 4.72 Å². The molecule has 0 saturated heterocycles. The smallest absolute Gasteiger partial charge is 0.340 e. The molecule has 0 unspecified atom stereocenters. The molecule has 172 valence electrons. The van der Waals surface area contributed by atoms with E-state index in [0.29, 0.717) is 29.0 Å². The summed E-state index contributed by atoms with van der Waals surface area (Å²) < 4.78 is 33.7. The standard InChI is InChI=1S/C24H24N2O5S2/c1-16-8-10-18(11-9-16)22(27)26-13-12-19-20(15-26)32-24(21(19)23(28)31-2)33(29,30)25-14-17-6-4-3-5-7-17/h3-11,25H,12-15H2,1-2H3. The molecule has 1 amide bonds. The van der Waals surface area contributed by atoms with Crippen molar-refractivity contribution in [1.82, 2.24) is 9.62 Å². The number of benzene rings is 2. The predicted octanol–water partition coefficient (Wildman–Crippen LogP) is 3.52. The van der Waals surface area contributed by atoms with Crippen LogP contribution in [0.1, 0.15) is 42.3 Å². The highest BCUT2D eigenvalue weighted by Crippen LogP contribution is 2.37. The van der Waals surface area contributed by atoms with Gasteiger partial charge in [-0.1, -0.05) is 48.0 Å². The van der Waals surface area contributed by atoms with E-state index in [1.165, 1.54) is 7.11 Å². The van der Waals surface area contributed by atoms with E-state index in [9.17, 15) is 18.0 Å².